The summed E-state index contributed by atoms with van der Waals surface area (Å²) in [5.41, 5.74) is 0.911. The first kappa shape index (κ1) is 14.3. The van der Waals surface area contributed by atoms with Crippen LogP contribution >= 0.6 is 11.6 Å². The van der Waals surface area contributed by atoms with Crippen molar-refractivity contribution < 1.29 is 23.7 Å². The fraction of sp³-hybridized carbons (Fsp3) is 0.294. The lowest BCUT2D eigenvalue weighted by Crippen LogP contribution is -2.16. The van der Waals surface area contributed by atoms with Gasteiger partial charge in [-0.1, -0.05) is 11.6 Å². The lowest BCUT2D eigenvalue weighted by Gasteiger charge is -2.21. The average Bonchev–Trinajstić information content (AvgIpc) is 2.60. The quantitative estimate of drug-likeness (QED) is 0.860. The van der Waals surface area contributed by atoms with E-state index in [4.69, 9.17) is 35.3 Å². The Morgan fingerprint density at radius 2 is 1.57 bits per heavy atom. The highest BCUT2D eigenvalue weighted by Gasteiger charge is 2.17. The zero-order valence-electron chi connectivity index (χ0n) is 12.3. The molecule has 0 N–H and O–H groups in total. The van der Waals surface area contributed by atoms with E-state index < -0.39 is 0 Å². The van der Waals surface area contributed by atoms with Crippen LogP contribution in [-0.4, -0.2) is 26.4 Å². The Morgan fingerprint density at radius 3 is 2.43 bits per heavy atom. The molecule has 5 nitrogen and oxygen atoms in total. The van der Waals surface area contributed by atoms with Crippen LogP contribution in [0.1, 0.15) is 5.56 Å². The largest absolute Gasteiger partial charge is 0.489 e. The minimum Gasteiger partial charge on any atom is -0.489 e. The number of hydrogen-bond donors (Lipinski definition) is 0. The first-order valence-electron chi connectivity index (χ1n) is 7.40. The van der Waals surface area contributed by atoms with Crippen molar-refractivity contribution in [2.75, 3.05) is 26.4 Å². The minimum absolute atomic E-state index is 0.371. The Hall–Kier alpha value is -2.27. The summed E-state index contributed by atoms with van der Waals surface area (Å²) in [7, 11) is 0. The smallest absolute Gasteiger partial charge is 0.179 e. The predicted molar refractivity (Wildman–Crippen MR) is 84.2 cm³/mol. The van der Waals surface area contributed by atoms with E-state index in [-0.39, 0.29) is 0 Å². The lowest BCUT2D eigenvalue weighted by atomic mass is 10.2. The van der Waals surface area contributed by atoms with E-state index in [0.29, 0.717) is 61.1 Å². The zero-order chi connectivity index (χ0) is 15.6. The molecule has 2 heterocycles. The van der Waals surface area contributed by atoms with E-state index in [0.717, 1.165) is 11.3 Å². The van der Waals surface area contributed by atoms with Gasteiger partial charge in [-0.2, -0.15) is 0 Å². The average molecular weight is 335 g/mol. The van der Waals surface area contributed by atoms with E-state index in [2.05, 4.69) is 0 Å². The summed E-state index contributed by atoms with van der Waals surface area (Å²) in [4.78, 5) is 0. The van der Waals surface area contributed by atoms with Crippen molar-refractivity contribution >= 4 is 11.6 Å². The maximum absolute atomic E-state index is 6.23. The fourth-order valence-electron chi connectivity index (χ4n) is 2.53. The Morgan fingerprint density at radius 1 is 0.826 bits per heavy atom. The van der Waals surface area contributed by atoms with Gasteiger partial charge in [-0.15, -0.1) is 0 Å². The number of ether oxygens (including phenoxy) is 5. The highest BCUT2D eigenvalue weighted by Crippen LogP contribution is 2.39. The van der Waals surface area contributed by atoms with Gasteiger partial charge in [0.25, 0.3) is 0 Å². The molecule has 0 saturated carbocycles. The molecule has 0 bridgehead atoms. The zero-order valence-corrected chi connectivity index (χ0v) is 13.1. The maximum Gasteiger partial charge on any atom is 0.179 e. The van der Waals surface area contributed by atoms with Gasteiger partial charge in [-0.05, 0) is 29.8 Å². The molecule has 4 rings (SSSR count). The molecule has 2 aliphatic heterocycles. The van der Waals surface area contributed by atoms with Crippen molar-refractivity contribution in [3.63, 3.8) is 0 Å². The normalized spacial score (nSPS) is 15.2. The van der Waals surface area contributed by atoms with Crippen LogP contribution in [0, 0.1) is 0 Å². The summed E-state index contributed by atoms with van der Waals surface area (Å²) in [6, 6.07) is 9.24. The van der Waals surface area contributed by atoms with Crippen LogP contribution in [0.15, 0.2) is 30.3 Å². The topological polar surface area (TPSA) is 46.2 Å². The van der Waals surface area contributed by atoms with E-state index >= 15 is 0 Å². The second kappa shape index (κ2) is 6.08. The second-order valence-corrected chi connectivity index (χ2v) is 5.60. The molecule has 23 heavy (non-hydrogen) atoms. The fourth-order valence-corrected chi connectivity index (χ4v) is 2.82. The van der Waals surface area contributed by atoms with Gasteiger partial charge in [0.2, 0.25) is 0 Å². The summed E-state index contributed by atoms with van der Waals surface area (Å²) in [5.74, 6) is 3.41. The van der Waals surface area contributed by atoms with Gasteiger partial charge < -0.3 is 23.7 Å². The molecule has 0 aromatic heterocycles. The van der Waals surface area contributed by atoms with Crippen molar-refractivity contribution in [1.29, 1.82) is 0 Å². The van der Waals surface area contributed by atoms with E-state index in [9.17, 15) is 0 Å². The van der Waals surface area contributed by atoms with Gasteiger partial charge in [0.1, 0.15) is 38.8 Å². The Bertz CT molecular complexity index is 731. The van der Waals surface area contributed by atoms with Crippen LogP contribution in [0.2, 0.25) is 5.02 Å². The van der Waals surface area contributed by atoms with Gasteiger partial charge in [-0.25, -0.2) is 0 Å². The maximum atomic E-state index is 6.23. The van der Waals surface area contributed by atoms with Crippen molar-refractivity contribution in [2.45, 2.75) is 6.61 Å². The number of halogens is 1. The number of rotatable bonds is 3. The van der Waals surface area contributed by atoms with Crippen LogP contribution < -0.4 is 23.7 Å². The third kappa shape index (κ3) is 2.97. The Balaban J connectivity index is 1.50. The molecular weight excluding hydrogens is 320 g/mol. The predicted octanol–water partition coefficient (Wildman–Crippen LogP) is 3.46. The summed E-state index contributed by atoms with van der Waals surface area (Å²) < 4.78 is 27.9. The molecule has 0 unspecified atom stereocenters. The molecule has 0 amide bonds. The van der Waals surface area contributed by atoms with Gasteiger partial charge in [0, 0.05) is 6.07 Å². The minimum atomic E-state index is 0.371. The number of benzene rings is 2. The van der Waals surface area contributed by atoms with Crippen molar-refractivity contribution in [3.8, 4) is 28.7 Å². The summed E-state index contributed by atoms with van der Waals surface area (Å²) in [6.07, 6.45) is 0. The van der Waals surface area contributed by atoms with Crippen molar-refractivity contribution in [1.82, 2.24) is 0 Å². The van der Waals surface area contributed by atoms with Gasteiger partial charge in [-0.3, -0.25) is 0 Å². The number of fused-ring (bicyclic) bond motifs is 2. The van der Waals surface area contributed by atoms with Crippen LogP contribution in [0.3, 0.4) is 0 Å². The third-order valence-electron chi connectivity index (χ3n) is 3.58. The van der Waals surface area contributed by atoms with Crippen LogP contribution in [-0.2, 0) is 6.61 Å². The van der Waals surface area contributed by atoms with Crippen LogP contribution in [0.25, 0.3) is 0 Å². The Labute approximate surface area is 138 Å². The molecule has 120 valence electrons. The third-order valence-corrected chi connectivity index (χ3v) is 3.86. The van der Waals surface area contributed by atoms with Crippen LogP contribution in [0.5, 0.6) is 28.7 Å². The summed E-state index contributed by atoms with van der Waals surface area (Å²) in [6.45, 7) is 2.53. The number of hydrogen-bond acceptors (Lipinski definition) is 5. The SMILES string of the molecule is Clc1cc(COc2ccc3c(c2)OCCO3)cc2c1OCCO2. The molecule has 2 aromatic rings. The van der Waals surface area contributed by atoms with E-state index in [1.807, 2.05) is 30.3 Å². The molecule has 0 fully saturated rings. The molecule has 2 aromatic carbocycles. The molecule has 0 spiro atoms. The summed E-state index contributed by atoms with van der Waals surface area (Å²) >= 11 is 6.23. The first-order valence-corrected chi connectivity index (χ1v) is 7.78. The van der Waals surface area contributed by atoms with E-state index in [1.165, 1.54) is 0 Å². The second-order valence-electron chi connectivity index (χ2n) is 5.20. The molecule has 0 saturated heterocycles. The van der Waals surface area contributed by atoms with Crippen molar-refractivity contribution in [2.24, 2.45) is 0 Å². The summed E-state index contributed by atoms with van der Waals surface area (Å²) in [5, 5.41) is 0.531. The highest BCUT2D eigenvalue weighted by molar-refractivity contribution is 6.32. The highest BCUT2D eigenvalue weighted by atomic mass is 35.5. The van der Waals surface area contributed by atoms with Gasteiger partial charge >= 0.3 is 0 Å². The molecule has 0 atom stereocenters. The lowest BCUT2D eigenvalue weighted by molar-refractivity contribution is 0.169. The van der Waals surface area contributed by atoms with Crippen molar-refractivity contribution in [3.05, 3.63) is 40.9 Å². The standard InChI is InChI=1S/C17H15ClO5/c18-13-7-11(8-16-17(13)22-6-5-21-16)10-23-12-1-2-14-15(9-12)20-4-3-19-14/h1-2,7-9H,3-6,10H2. The molecule has 0 aliphatic carbocycles. The monoisotopic (exact) mass is 334 g/mol. The molecule has 6 heteroatoms. The molecular formula is C17H15ClO5. The Kier molecular flexibility index (Phi) is 3.79. The molecule has 2 aliphatic rings. The first-order chi connectivity index (χ1) is 11.3. The van der Waals surface area contributed by atoms with Crippen LogP contribution in [0.4, 0.5) is 0 Å². The molecule has 0 radical (unpaired) electrons. The van der Waals surface area contributed by atoms with Gasteiger partial charge in [0.05, 0.1) is 5.02 Å². The van der Waals surface area contributed by atoms with Gasteiger partial charge in [0.15, 0.2) is 23.0 Å². The van der Waals surface area contributed by atoms with E-state index in [1.54, 1.807) is 0 Å².